The van der Waals surface area contributed by atoms with E-state index in [4.69, 9.17) is 12.6 Å². The van der Waals surface area contributed by atoms with Crippen molar-refractivity contribution in [2.75, 3.05) is 0 Å². The molecule has 82 valence electrons. The van der Waals surface area contributed by atoms with Crippen LogP contribution in [0.4, 0.5) is 0 Å². The summed E-state index contributed by atoms with van der Waals surface area (Å²) in [6.45, 7) is 2.05. The third-order valence-electron chi connectivity index (χ3n) is 2.77. The minimum Gasteiger partial charge on any atom is -0.508 e. The molecule has 2 aromatic rings. The molecule has 1 N–H and O–H groups in total. The van der Waals surface area contributed by atoms with Gasteiger partial charge in [-0.05, 0) is 30.2 Å². The molecule has 0 radical (unpaired) electrons. The van der Waals surface area contributed by atoms with E-state index in [-0.39, 0.29) is 10.5 Å². The van der Waals surface area contributed by atoms with Crippen LogP contribution in [0, 0.1) is 0 Å². The van der Waals surface area contributed by atoms with Gasteiger partial charge in [0.05, 0.1) is 4.75 Å². The zero-order valence-electron chi connectivity index (χ0n) is 9.09. The first-order chi connectivity index (χ1) is 7.60. The summed E-state index contributed by atoms with van der Waals surface area (Å²) in [5.74, 6) is 0.279. The van der Waals surface area contributed by atoms with E-state index in [9.17, 15) is 5.11 Å². The zero-order valence-corrected chi connectivity index (χ0v) is 9.99. The van der Waals surface area contributed by atoms with Crippen molar-refractivity contribution in [2.24, 2.45) is 0 Å². The van der Waals surface area contributed by atoms with Crippen molar-refractivity contribution in [2.45, 2.75) is 11.7 Å². The maximum absolute atomic E-state index is 9.27. The molecule has 2 rings (SSSR count). The first-order valence-corrected chi connectivity index (χ1v) is 5.63. The van der Waals surface area contributed by atoms with Crippen molar-refractivity contribution < 1.29 is 5.11 Å². The highest BCUT2D eigenvalue weighted by molar-refractivity contribution is 7.81. The Morgan fingerprint density at radius 3 is 1.94 bits per heavy atom. The summed E-state index contributed by atoms with van der Waals surface area (Å²) in [6, 6.07) is 17.3. The lowest BCUT2D eigenvalue weighted by atomic mass is 9.92. The smallest absolute Gasteiger partial charge is 0.115 e. The van der Waals surface area contributed by atoms with Gasteiger partial charge in [0.25, 0.3) is 0 Å². The third-order valence-corrected chi connectivity index (χ3v) is 3.28. The molecule has 0 amide bonds. The second kappa shape index (κ2) is 4.22. The predicted molar refractivity (Wildman–Crippen MR) is 70.0 cm³/mol. The Kier molecular flexibility index (Phi) is 2.92. The fourth-order valence-corrected chi connectivity index (χ4v) is 2.01. The second-order valence-corrected chi connectivity index (χ2v) is 4.88. The van der Waals surface area contributed by atoms with E-state index in [2.05, 4.69) is 19.1 Å². The molecule has 2 heteroatoms. The molecule has 1 nitrogen and oxygen atoms in total. The number of phenols is 1. The molecule has 0 bridgehead atoms. The maximum Gasteiger partial charge on any atom is 0.115 e. The summed E-state index contributed by atoms with van der Waals surface area (Å²) < 4.78 is -0.338. The molecule has 0 aliphatic heterocycles. The summed E-state index contributed by atoms with van der Waals surface area (Å²) in [5, 5.41) is 9.27. The fourth-order valence-electron chi connectivity index (χ4n) is 1.72. The molecule has 0 fully saturated rings. The van der Waals surface area contributed by atoms with Gasteiger partial charge in [-0.1, -0.05) is 42.5 Å². The quantitative estimate of drug-likeness (QED) is 0.755. The number of thiol groups is 1. The van der Waals surface area contributed by atoms with Crippen LogP contribution >= 0.6 is 12.6 Å². The van der Waals surface area contributed by atoms with Crippen LogP contribution in [0.1, 0.15) is 18.1 Å². The van der Waals surface area contributed by atoms with Crippen LogP contribution < -0.4 is 0 Å². The van der Waals surface area contributed by atoms with Gasteiger partial charge in [0.2, 0.25) is 0 Å². The molecule has 1 unspecified atom stereocenters. The lowest BCUT2D eigenvalue weighted by molar-refractivity contribution is 0.475. The Labute approximate surface area is 101 Å². The molecule has 0 spiro atoms. The SMILES string of the molecule is CC(S)(c1ccccc1)c1ccc(O)cc1. The Morgan fingerprint density at radius 1 is 0.875 bits per heavy atom. The summed E-state index contributed by atoms with van der Waals surface area (Å²) >= 11 is 4.72. The Bertz CT molecular complexity index is 460. The van der Waals surface area contributed by atoms with E-state index in [1.807, 2.05) is 30.3 Å². The van der Waals surface area contributed by atoms with E-state index in [0.717, 1.165) is 11.1 Å². The molecule has 0 saturated carbocycles. The number of hydrogen-bond acceptors (Lipinski definition) is 2. The largest absolute Gasteiger partial charge is 0.508 e. The maximum atomic E-state index is 9.27. The van der Waals surface area contributed by atoms with Gasteiger partial charge in [-0.2, -0.15) is 12.6 Å². The van der Waals surface area contributed by atoms with Gasteiger partial charge in [-0.3, -0.25) is 0 Å². The third kappa shape index (κ3) is 2.07. The molecule has 0 heterocycles. The van der Waals surface area contributed by atoms with Crippen molar-refractivity contribution in [1.82, 2.24) is 0 Å². The Hall–Kier alpha value is -1.41. The number of benzene rings is 2. The van der Waals surface area contributed by atoms with Crippen LogP contribution in [0.3, 0.4) is 0 Å². The molecule has 0 saturated heterocycles. The fraction of sp³-hybridized carbons (Fsp3) is 0.143. The molecule has 16 heavy (non-hydrogen) atoms. The van der Waals surface area contributed by atoms with Crippen LogP contribution in [0.2, 0.25) is 0 Å². The standard InChI is InChI=1S/C14H14OS/c1-14(16,11-5-3-2-4-6-11)12-7-9-13(15)10-8-12/h2-10,15-16H,1H3. The van der Waals surface area contributed by atoms with Gasteiger partial charge in [0.15, 0.2) is 0 Å². The van der Waals surface area contributed by atoms with Crippen molar-refractivity contribution in [1.29, 1.82) is 0 Å². The van der Waals surface area contributed by atoms with Crippen molar-refractivity contribution in [3.05, 3.63) is 65.7 Å². The minimum atomic E-state index is -0.338. The van der Waals surface area contributed by atoms with Crippen molar-refractivity contribution in [3.8, 4) is 5.75 Å². The topological polar surface area (TPSA) is 20.2 Å². The molecule has 0 aliphatic carbocycles. The Morgan fingerprint density at radius 2 is 1.38 bits per heavy atom. The summed E-state index contributed by atoms with van der Waals surface area (Å²) in [6.07, 6.45) is 0. The van der Waals surface area contributed by atoms with E-state index in [1.165, 1.54) is 0 Å². The first kappa shape index (κ1) is 11.1. The predicted octanol–water partition coefficient (Wildman–Crippen LogP) is 3.59. The number of rotatable bonds is 2. The van der Waals surface area contributed by atoms with Crippen LogP contribution in [0.25, 0.3) is 0 Å². The second-order valence-electron chi connectivity index (χ2n) is 3.99. The van der Waals surface area contributed by atoms with Gasteiger partial charge < -0.3 is 5.11 Å². The molecule has 0 aromatic heterocycles. The average molecular weight is 230 g/mol. The summed E-state index contributed by atoms with van der Waals surface area (Å²) in [5.41, 5.74) is 2.21. The Balaban J connectivity index is 2.43. The number of phenolic OH excluding ortho intramolecular Hbond substituents is 1. The zero-order chi connectivity index (χ0) is 11.6. The van der Waals surface area contributed by atoms with Gasteiger partial charge in [0, 0.05) is 0 Å². The van der Waals surface area contributed by atoms with Crippen molar-refractivity contribution in [3.63, 3.8) is 0 Å². The van der Waals surface area contributed by atoms with Crippen LogP contribution in [0.5, 0.6) is 5.75 Å². The van der Waals surface area contributed by atoms with Crippen LogP contribution in [0.15, 0.2) is 54.6 Å². The molecule has 2 aromatic carbocycles. The van der Waals surface area contributed by atoms with Gasteiger partial charge in [-0.25, -0.2) is 0 Å². The first-order valence-electron chi connectivity index (χ1n) is 5.18. The van der Waals surface area contributed by atoms with E-state index in [0.29, 0.717) is 0 Å². The minimum absolute atomic E-state index is 0.279. The number of aromatic hydroxyl groups is 1. The number of hydrogen-bond donors (Lipinski definition) is 2. The normalized spacial score (nSPS) is 14.4. The lowest BCUT2D eigenvalue weighted by Crippen LogP contribution is -2.15. The molecule has 0 aliphatic rings. The highest BCUT2D eigenvalue weighted by Gasteiger charge is 2.23. The lowest BCUT2D eigenvalue weighted by Gasteiger charge is -2.24. The van der Waals surface area contributed by atoms with Crippen LogP contribution in [-0.4, -0.2) is 5.11 Å². The van der Waals surface area contributed by atoms with Gasteiger partial charge in [0.1, 0.15) is 5.75 Å². The summed E-state index contributed by atoms with van der Waals surface area (Å²) in [7, 11) is 0. The van der Waals surface area contributed by atoms with Gasteiger partial charge >= 0.3 is 0 Å². The van der Waals surface area contributed by atoms with E-state index in [1.54, 1.807) is 12.1 Å². The monoisotopic (exact) mass is 230 g/mol. The average Bonchev–Trinajstić information content (AvgIpc) is 2.31. The van der Waals surface area contributed by atoms with Gasteiger partial charge in [-0.15, -0.1) is 0 Å². The highest BCUT2D eigenvalue weighted by atomic mass is 32.1. The van der Waals surface area contributed by atoms with E-state index < -0.39 is 0 Å². The molecular weight excluding hydrogens is 216 g/mol. The highest BCUT2D eigenvalue weighted by Crippen LogP contribution is 2.35. The molecule has 1 atom stereocenters. The van der Waals surface area contributed by atoms with Crippen molar-refractivity contribution >= 4 is 12.6 Å². The molecular formula is C14H14OS. The van der Waals surface area contributed by atoms with Crippen LogP contribution in [-0.2, 0) is 4.75 Å². The summed E-state index contributed by atoms with van der Waals surface area (Å²) in [4.78, 5) is 0. The van der Waals surface area contributed by atoms with E-state index >= 15 is 0 Å².